The van der Waals surface area contributed by atoms with E-state index in [1.54, 1.807) is 0 Å². The van der Waals surface area contributed by atoms with Crippen LogP contribution in [-0.2, 0) is 9.53 Å². The molecule has 1 aliphatic rings. The Hall–Kier alpha value is -0.610. The van der Waals surface area contributed by atoms with Gasteiger partial charge in [0.15, 0.2) is 0 Å². The van der Waals surface area contributed by atoms with Crippen LogP contribution in [0.15, 0.2) is 0 Å². The van der Waals surface area contributed by atoms with E-state index in [0.717, 1.165) is 26.1 Å². The monoisotopic (exact) mass is 186 g/mol. The molecule has 1 amide bonds. The molecule has 0 atom stereocenters. The zero-order chi connectivity index (χ0) is 9.52. The van der Waals surface area contributed by atoms with E-state index in [1.165, 1.54) is 0 Å². The van der Waals surface area contributed by atoms with Crippen LogP contribution in [0.4, 0.5) is 0 Å². The van der Waals surface area contributed by atoms with E-state index < -0.39 is 0 Å². The van der Waals surface area contributed by atoms with E-state index in [0.29, 0.717) is 19.6 Å². The number of amides is 1. The Morgan fingerprint density at radius 3 is 2.77 bits per heavy atom. The molecule has 0 aromatic rings. The number of nitrogens with zero attached hydrogens (tertiary/aromatic N) is 1. The molecule has 13 heavy (non-hydrogen) atoms. The summed E-state index contributed by atoms with van der Waals surface area (Å²) in [4.78, 5) is 13.4. The van der Waals surface area contributed by atoms with Gasteiger partial charge >= 0.3 is 0 Å². The fraction of sp³-hybridized carbons (Fsp3) is 0.889. The number of nitrogens with one attached hydrogen (secondary N) is 1. The third-order valence-electron chi connectivity index (χ3n) is 2.18. The molecule has 76 valence electrons. The molecule has 1 N–H and O–H groups in total. The maximum absolute atomic E-state index is 11.5. The fourth-order valence-electron chi connectivity index (χ4n) is 1.39. The smallest absolute Gasteiger partial charge is 0.222 e. The Morgan fingerprint density at radius 1 is 1.46 bits per heavy atom. The molecule has 4 heteroatoms. The molecule has 1 aliphatic heterocycles. The van der Waals surface area contributed by atoms with Crippen molar-refractivity contribution in [2.45, 2.75) is 12.8 Å². The number of carbonyl (C=O) groups excluding carboxylic acids is 1. The first kappa shape index (κ1) is 10.5. The van der Waals surface area contributed by atoms with Gasteiger partial charge in [-0.15, -0.1) is 0 Å². The molecule has 0 aliphatic carbocycles. The second-order valence-electron chi connectivity index (χ2n) is 3.20. The summed E-state index contributed by atoms with van der Waals surface area (Å²) in [6.45, 7) is 3.82. The molecule has 4 nitrogen and oxygen atoms in total. The predicted molar refractivity (Wildman–Crippen MR) is 50.6 cm³/mol. The highest BCUT2D eigenvalue weighted by Gasteiger charge is 2.15. The molecule has 1 fully saturated rings. The largest absolute Gasteiger partial charge is 0.378 e. The van der Waals surface area contributed by atoms with Gasteiger partial charge in [-0.05, 0) is 20.0 Å². The first-order valence-electron chi connectivity index (χ1n) is 4.84. The van der Waals surface area contributed by atoms with Crippen LogP contribution >= 0.6 is 0 Å². The van der Waals surface area contributed by atoms with Gasteiger partial charge in [-0.25, -0.2) is 0 Å². The van der Waals surface area contributed by atoms with Gasteiger partial charge < -0.3 is 15.0 Å². The highest BCUT2D eigenvalue weighted by molar-refractivity contribution is 5.76. The first-order chi connectivity index (χ1) is 6.34. The molecule has 0 aromatic carbocycles. The lowest BCUT2D eigenvalue weighted by Crippen LogP contribution is -2.40. The van der Waals surface area contributed by atoms with Crippen molar-refractivity contribution in [1.82, 2.24) is 10.2 Å². The van der Waals surface area contributed by atoms with Crippen LogP contribution in [0, 0.1) is 0 Å². The van der Waals surface area contributed by atoms with Gasteiger partial charge in [0.05, 0.1) is 13.2 Å². The molecule has 0 radical (unpaired) electrons. The molecule has 0 bridgehead atoms. The lowest BCUT2D eigenvalue weighted by atomic mass is 10.2. The van der Waals surface area contributed by atoms with E-state index in [9.17, 15) is 4.79 Å². The molecule has 0 saturated carbocycles. The topological polar surface area (TPSA) is 41.6 Å². The average molecular weight is 186 g/mol. The van der Waals surface area contributed by atoms with Gasteiger partial charge in [0, 0.05) is 19.5 Å². The van der Waals surface area contributed by atoms with Crippen LogP contribution in [0.2, 0.25) is 0 Å². The summed E-state index contributed by atoms with van der Waals surface area (Å²) < 4.78 is 5.17. The van der Waals surface area contributed by atoms with Crippen molar-refractivity contribution in [2.24, 2.45) is 0 Å². The standard InChI is InChI=1S/C9H18N2O2/c1-10-4-2-3-9(12)11-5-7-13-8-6-11/h10H,2-8H2,1H3. The van der Waals surface area contributed by atoms with E-state index >= 15 is 0 Å². The van der Waals surface area contributed by atoms with Gasteiger partial charge in [0.1, 0.15) is 0 Å². The Morgan fingerprint density at radius 2 is 2.15 bits per heavy atom. The summed E-state index contributed by atoms with van der Waals surface area (Å²) in [6.07, 6.45) is 1.58. The van der Waals surface area contributed by atoms with Gasteiger partial charge in [-0.2, -0.15) is 0 Å². The van der Waals surface area contributed by atoms with Crippen LogP contribution in [0.3, 0.4) is 0 Å². The molecule has 1 saturated heterocycles. The van der Waals surface area contributed by atoms with Gasteiger partial charge in [-0.3, -0.25) is 4.79 Å². The first-order valence-corrected chi connectivity index (χ1v) is 4.84. The lowest BCUT2D eigenvalue weighted by molar-refractivity contribution is -0.135. The Kier molecular flexibility index (Phi) is 4.78. The Bertz CT molecular complexity index is 156. The summed E-state index contributed by atoms with van der Waals surface area (Å²) in [7, 11) is 1.90. The van der Waals surface area contributed by atoms with Crippen molar-refractivity contribution < 1.29 is 9.53 Å². The van der Waals surface area contributed by atoms with Crippen molar-refractivity contribution in [1.29, 1.82) is 0 Å². The van der Waals surface area contributed by atoms with E-state index in [2.05, 4.69) is 5.32 Å². The van der Waals surface area contributed by atoms with Crippen molar-refractivity contribution in [3.63, 3.8) is 0 Å². The molecular formula is C9H18N2O2. The second-order valence-corrected chi connectivity index (χ2v) is 3.20. The van der Waals surface area contributed by atoms with Crippen LogP contribution < -0.4 is 5.32 Å². The van der Waals surface area contributed by atoms with Crippen LogP contribution in [-0.4, -0.2) is 50.7 Å². The average Bonchev–Trinajstić information content (AvgIpc) is 2.19. The van der Waals surface area contributed by atoms with E-state index in [4.69, 9.17) is 4.74 Å². The zero-order valence-electron chi connectivity index (χ0n) is 8.21. The van der Waals surface area contributed by atoms with Crippen LogP contribution in [0.25, 0.3) is 0 Å². The minimum atomic E-state index is 0.263. The maximum atomic E-state index is 11.5. The van der Waals surface area contributed by atoms with Gasteiger partial charge in [0.2, 0.25) is 5.91 Å². The molecule has 1 rings (SSSR count). The fourth-order valence-corrected chi connectivity index (χ4v) is 1.39. The summed E-state index contributed by atoms with van der Waals surface area (Å²) >= 11 is 0. The van der Waals surface area contributed by atoms with E-state index in [-0.39, 0.29) is 5.91 Å². The number of ether oxygens (including phenoxy) is 1. The predicted octanol–water partition coefficient (Wildman–Crippen LogP) is -0.155. The number of carbonyl (C=O) groups is 1. The van der Waals surface area contributed by atoms with Crippen LogP contribution in [0.5, 0.6) is 0 Å². The van der Waals surface area contributed by atoms with Crippen molar-refractivity contribution in [3.8, 4) is 0 Å². The lowest BCUT2D eigenvalue weighted by Gasteiger charge is -2.26. The highest BCUT2D eigenvalue weighted by atomic mass is 16.5. The maximum Gasteiger partial charge on any atom is 0.222 e. The zero-order valence-corrected chi connectivity index (χ0v) is 8.21. The number of morpholine rings is 1. The van der Waals surface area contributed by atoms with Gasteiger partial charge in [-0.1, -0.05) is 0 Å². The normalized spacial score (nSPS) is 17.5. The quantitative estimate of drug-likeness (QED) is 0.621. The van der Waals surface area contributed by atoms with Gasteiger partial charge in [0.25, 0.3) is 0 Å². The molecule has 1 heterocycles. The Labute approximate surface area is 79.2 Å². The second kappa shape index (κ2) is 5.94. The van der Waals surface area contributed by atoms with Crippen molar-refractivity contribution in [3.05, 3.63) is 0 Å². The number of hydrogen-bond donors (Lipinski definition) is 1. The van der Waals surface area contributed by atoms with Crippen molar-refractivity contribution >= 4 is 5.91 Å². The Balaban J connectivity index is 2.13. The minimum absolute atomic E-state index is 0.263. The number of hydrogen-bond acceptors (Lipinski definition) is 3. The summed E-state index contributed by atoms with van der Waals surface area (Å²) in [5.41, 5.74) is 0. The van der Waals surface area contributed by atoms with Crippen LogP contribution in [0.1, 0.15) is 12.8 Å². The molecule has 0 spiro atoms. The third kappa shape index (κ3) is 3.74. The SMILES string of the molecule is CNCCCC(=O)N1CCOCC1. The summed E-state index contributed by atoms with van der Waals surface area (Å²) in [6, 6.07) is 0. The molecular weight excluding hydrogens is 168 g/mol. The van der Waals surface area contributed by atoms with Crippen molar-refractivity contribution in [2.75, 3.05) is 39.9 Å². The van der Waals surface area contributed by atoms with E-state index in [1.807, 2.05) is 11.9 Å². The molecule has 0 unspecified atom stereocenters. The summed E-state index contributed by atoms with van der Waals surface area (Å²) in [5, 5.41) is 3.03. The molecule has 0 aromatic heterocycles. The summed E-state index contributed by atoms with van der Waals surface area (Å²) in [5.74, 6) is 0.263. The third-order valence-corrected chi connectivity index (χ3v) is 2.18. The number of rotatable bonds is 4. The highest BCUT2D eigenvalue weighted by Crippen LogP contribution is 2.01. The minimum Gasteiger partial charge on any atom is -0.378 e.